The molecular weight excluding hydrogens is 732 g/mol. The molecule has 8 atom stereocenters. The molecule has 0 spiro atoms. The fraction of sp³-hybridized carbons (Fsp3) is 0.634. The number of carbonyl (C=O) groups excluding carboxylic acids is 4. The smallest absolute Gasteiger partial charge is 0.326 e. The van der Waals surface area contributed by atoms with Gasteiger partial charge in [0.25, 0.3) is 5.91 Å². The summed E-state index contributed by atoms with van der Waals surface area (Å²) in [7, 11) is 4.74. The van der Waals surface area contributed by atoms with Crippen LogP contribution in [0, 0.1) is 24.7 Å². The van der Waals surface area contributed by atoms with Gasteiger partial charge in [0.15, 0.2) is 0 Å². The predicted octanol–water partition coefficient (Wildman–Crippen LogP) is 2.64. The molecule has 1 aromatic heterocycles. The minimum Gasteiger partial charge on any atom is -0.480 e. The van der Waals surface area contributed by atoms with Crippen molar-refractivity contribution >= 4 is 35.5 Å². The van der Waals surface area contributed by atoms with Crippen LogP contribution >= 0.6 is 0 Å². The quantitative estimate of drug-likeness (QED) is 0.116. The number of likely N-dealkylation sites (tertiary alicyclic amines) is 1. The molecule has 2 heterocycles. The summed E-state index contributed by atoms with van der Waals surface area (Å²) in [6.07, 6.45) is 2.15. The Bertz CT molecular complexity index is 1650. The highest BCUT2D eigenvalue weighted by Gasteiger charge is 2.43. The highest BCUT2D eigenvalue weighted by Crippen LogP contribution is 2.30. The SMILES string of the molecule is CC[C@H](C)[C@@H]([C@@H](CC(=O)N1CCCC1[C@H](OC)[C@@H](C)C(=O)NC(Cc1ccccc1)C(=O)O)OC)N(C)C(=O)C(Nc1ncc(C(=O)NCCN)c(C)n1)C(C)C. The minimum absolute atomic E-state index is 0.0232. The van der Waals surface area contributed by atoms with E-state index >= 15 is 0 Å². The van der Waals surface area contributed by atoms with E-state index in [2.05, 4.69) is 25.9 Å². The van der Waals surface area contributed by atoms with E-state index in [9.17, 15) is 29.1 Å². The molecule has 2 aromatic rings. The van der Waals surface area contributed by atoms with Crippen LogP contribution < -0.4 is 21.7 Å². The van der Waals surface area contributed by atoms with E-state index in [0.29, 0.717) is 50.2 Å². The van der Waals surface area contributed by atoms with Gasteiger partial charge in [0.1, 0.15) is 12.1 Å². The number of rotatable bonds is 22. The fourth-order valence-corrected chi connectivity index (χ4v) is 7.57. The summed E-state index contributed by atoms with van der Waals surface area (Å²) >= 11 is 0. The molecule has 1 aliphatic rings. The van der Waals surface area contributed by atoms with Crippen LogP contribution in [0.25, 0.3) is 0 Å². The summed E-state index contributed by atoms with van der Waals surface area (Å²) in [5, 5.41) is 18.5. The number of aromatic nitrogens is 2. The number of hydrogen-bond donors (Lipinski definition) is 5. The van der Waals surface area contributed by atoms with Gasteiger partial charge in [-0.05, 0) is 37.2 Å². The van der Waals surface area contributed by atoms with E-state index in [1.54, 1.807) is 30.7 Å². The molecule has 1 aliphatic heterocycles. The number of carboxylic acid groups (broad SMARTS) is 1. The standard InChI is InChI=1S/C41H64N8O8/c1-10-25(4)35(48(7)39(53)34(24(2)3)47-41-44-23-29(27(6)45-41)38(52)43-19-18-42)32(56-8)22-33(50)49-20-14-17-31(49)36(57-9)26(5)37(51)46-30(40(54)55)21-28-15-12-11-13-16-28/h11-13,15-16,23-26,30-32,34-36H,10,14,17-22,42H2,1-9H3,(H,43,52)(H,46,51)(H,54,55)(H,44,45,47)/t25-,26+,30?,31?,32+,34?,35-,36+/m0/s1. The van der Waals surface area contributed by atoms with E-state index in [1.165, 1.54) is 20.4 Å². The van der Waals surface area contributed by atoms with Crippen LogP contribution in [0.4, 0.5) is 5.95 Å². The van der Waals surface area contributed by atoms with E-state index in [4.69, 9.17) is 15.2 Å². The number of aliphatic carboxylic acids is 1. The van der Waals surface area contributed by atoms with Gasteiger partial charge in [-0.25, -0.2) is 14.8 Å². The van der Waals surface area contributed by atoms with Crippen molar-refractivity contribution in [3.8, 4) is 0 Å². The Morgan fingerprint density at radius 2 is 1.75 bits per heavy atom. The zero-order chi connectivity index (χ0) is 42.4. The summed E-state index contributed by atoms with van der Waals surface area (Å²) in [4.78, 5) is 78.8. The molecule has 16 nitrogen and oxygen atoms in total. The van der Waals surface area contributed by atoms with Crippen molar-refractivity contribution in [3.63, 3.8) is 0 Å². The lowest BCUT2D eigenvalue weighted by Gasteiger charge is -2.40. The van der Waals surface area contributed by atoms with Crippen LogP contribution in [0.5, 0.6) is 0 Å². The van der Waals surface area contributed by atoms with Crippen LogP contribution in [0.15, 0.2) is 36.5 Å². The lowest BCUT2D eigenvalue weighted by atomic mass is 9.89. The summed E-state index contributed by atoms with van der Waals surface area (Å²) in [6.45, 7) is 12.3. The number of likely N-dealkylation sites (N-methyl/N-ethyl adjacent to an activating group) is 1. The van der Waals surface area contributed by atoms with Crippen molar-refractivity contribution in [3.05, 3.63) is 53.3 Å². The second-order valence-corrected chi connectivity index (χ2v) is 15.3. The van der Waals surface area contributed by atoms with Gasteiger partial charge in [0.2, 0.25) is 23.7 Å². The van der Waals surface area contributed by atoms with E-state index in [0.717, 1.165) is 5.56 Å². The van der Waals surface area contributed by atoms with Gasteiger partial charge in [-0.1, -0.05) is 71.4 Å². The molecule has 3 unspecified atom stereocenters. The number of carboxylic acids is 1. The Morgan fingerprint density at radius 3 is 2.32 bits per heavy atom. The summed E-state index contributed by atoms with van der Waals surface area (Å²) in [5.74, 6) is -3.19. The molecule has 0 saturated carbocycles. The maximum atomic E-state index is 14.3. The van der Waals surface area contributed by atoms with E-state index in [-0.39, 0.29) is 48.3 Å². The molecule has 1 fully saturated rings. The van der Waals surface area contributed by atoms with Gasteiger partial charge < -0.3 is 46.1 Å². The molecule has 57 heavy (non-hydrogen) atoms. The third-order valence-corrected chi connectivity index (χ3v) is 11.0. The highest BCUT2D eigenvalue weighted by atomic mass is 16.5. The number of anilines is 1. The first-order valence-electron chi connectivity index (χ1n) is 19.9. The largest absolute Gasteiger partial charge is 0.480 e. The number of benzene rings is 1. The number of carbonyl (C=O) groups is 5. The second kappa shape index (κ2) is 22.3. The lowest BCUT2D eigenvalue weighted by molar-refractivity contribution is -0.147. The molecule has 3 rings (SSSR count). The van der Waals surface area contributed by atoms with Crippen molar-refractivity contribution in [2.75, 3.05) is 46.2 Å². The van der Waals surface area contributed by atoms with Crippen molar-refractivity contribution < 1.29 is 38.6 Å². The zero-order valence-corrected chi connectivity index (χ0v) is 35.0. The third-order valence-electron chi connectivity index (χ3n) is 11.0. The number of aryl methyl sites for hydroxylation is 1. The normalized spacial score (nSPS) is 17.8. The van der Waals surface area contributed by atoms with Crippen LogP contribution in [0.2, 0.25) is 0 Å². The van der Waals surface area contributed by atoms with Gasteiger partial charge in [0.05, 0.1) is 47.9 Å². The minimum atomic E-state index is -1.14. The number of nitrogens with zero attached hydrogens (tertiary/aromatic N) is 4. The average molecular weight is 797 g/mol. The molecule has 0 radical (unpaired) electrons. The van der Waals surface area contributed by atoms with Crippen LogP contribution in [0.1, 0.15) is 81.9 Å². The first kappa shape index (κ1) is 46.7. The summed E-state index contributed by atoms with van der Waals surface area (Å²) < 4.78 is 11.9. The number of amides is 4. The van der Waals surface area contributed by atoms with Crippen molar-refractivity contribution in [2.24, 2.45) is 23.5 Å². The number of methoxy groups -OCH3 is 2. The van der Waals surface area contributed by atoms with Crippen molar-refractivity contribution in [2.45, 2.75) is 110 Å². The zero-order valence-electron chi connectivity index (χ0n) is 35.0. The fourth-order valence-electron chi connectivity index (χ4n) is 7.57. The molecule has 1 saturated heterocycles. The van der Waals surface area contributed by atoms with Gasteiger partial charge in [-0.15, -0.1) is 0 Å². The molecule has 0 bridgehead atoms. The number of nitrogens with one attached hydrogen (secondary N) is 3. The Balaban J connectivity index is 1.78. The van der Waals surface area contributed by atoms with Gasteiger partial charge in [-0.3, -0.25) is 19.2 Å². The van der Waals surface area contributed by atoms with Crippen LogP contribution in [0.3, 0.4) is 0 Å². The van der Waals surface area contributed by atoms with Gasteiger partial charge in [0, 0.05) is 53.5 Å². The Hall–Kier alpha value is -4.67. The summed E-state index contributed by atoms with van der Waals surface area (Å²) in [6, 6.07) is 6.28. The summed E-state index contributed by atoms with van der Waals surface area (Å²) in [5.41, 5.74) is 7.04. The van der Waals surface area contributed by atoms with Crippen LogP contribution in [-0.2, 0) is 35.1 Å². The Morgan fingerprint density at radius 1 is 1.07 bits per heavy atom. The number of ether oxygens (including phenoxy) is 2. The van der Waals surface area contributed by atoms with Crippen molar-refractivity contribution in [1.82, 2.24) is 30.4 Å². The van der Waals surface area contributed by atoms with Gasteiger partial charge >= 0.3 is 5.97 Å². The number of nitrogens with two attached hydrogens (primary N) is 1. The van der Waals surface area contributed by atoms with E-state index in [1.807, 2.05) is 58.0 Å². The Labute approximate surface area is 337 Å². The Kier molecular flexibility index (Phi) is 18.3. The molecule has 4 amide bonds. The van der Waals surface area contributed by atoms with Gasteiger partial charge in [-0.2, -0.15) is 0 Å². The maximum Gasteiger partial charge on any atom is 0.326 e. The molecule has 6 N–H and O–H groups in total. The van der Waals surface area contributed by atoms with E-state index < -0.39 is 54.2 Å². The monoisotopic (exact) mass is 796 g/mol. The molecule has 16 heteroatoms. The second-order valence-electron chi connectivity index (χ2n) is 15.3. The number of hydrogen-bond acceptors (Lipinski definition) is 11. The molecular formula is C41H64N8O8. The molecule has 1 aromatic carbocycles. The first-order valence-corrected chi connectivity index (χ1v) is 19.9. The van der Waals surface area contributed by atoms with Crippen molar-refractivity contribution in [1.29, 1.82) is 0 Å². The molecule has 316 valence electrons. The maximum absolute atomic E-state index is 14.3. The average Bonchev–Trinajstić information content (AvgIpc) is 3.68. The highest BCUT2D eigenvalue weighted by molar-refractivity contribution is 5.95. The molecule has 0 aliphatic carbocycles. The first-order chi connectivity index (χ1) is 27.1. The topological polar surface area (TPSA) is 218 Å². The third kappa shape index (κ3) is 12.4. The van der Waals surface area contributed by atoms with Crippen LogP contribution in [-0.4, -0.2) is 132 Å². The predicted molar refractivity (Wildman–Crippen MR) is 216 cm³/mol. The lowest BCUT2D eigenvalue weighted by Crippen LogP contribution is -2.56.